The van der Waals surface area contributed by atoms with Crippen LogP contribution < -0.4 is 0 Å². The van der Waals surface area contributed by atoms with E-state index in [1.165, 1.54) is 25.0 Å². The number of nitrogens with zero attached hydrogens (tertiary/aromatic N) is 2. The second-order valence-electron chi connectivity index (χ2n) is 6.16. The van der Waals surface area contributed by atoms with Crippen LogP contribution in [0.5, 0.6) is 0 Å². The summed E-state index contributed by atoms with van der Waals surface area (Å²) in [5.41, 5.74) is 2.70. The van der Waals surface area contributed by atoms with Gasteiger partial charge in [0.1, 0.15) is 0 Å². The molecule has 0 amide bonds. The molecule has 2 unspecified atom stereocenters. The molecule has 0 saturated heterocycles. The van der Waals surface area contributed by atoms with Gasteiger partial charge in [0.05, 0.1) is 16.4 Å². The predicted molar refractivity (Wildman–Crippen MR) is 78.4 cm³/mol. The van der Waals surface area contributed by atoms with Gasteiger partial charge < -0.3 is 0 Å². The molecule has 1 aromatic rings. The third-order valence-corrected chi connectivity index (χ3v) is 6.41. The van der Waals surface area contributed by atoms with E-state index >= 15 is 0 Å². The fourth-order valence-electron chi connectivity index (χ4n) is 3.67. The molecule has 1 aromatic heterocycles. The van der Waals surface area contributed by atoms with Crippen LogP contribution in [0.4, 0.5) is 0 Å². The van der Waals surface area contributed by atoms with Crippen LogP contribution in [0, 0.1) is 17.3 Å². The summed E-state index contributed by atoms with van der Waals surface area (Å²) in [6, 6.07) is 0. The van der Waals surface area contributed by atoms with Crippen LogP contribution in [0.2, 0.25) is 5.02 Å². The molecular weight excluding hydrogens is 312 g/mol. The largest absolute Gasteiger partial charge is 0.271 e. The van der Waals surface area contributed by atoms with Gasteiger partial charge in [-0.3, -0.25) is 4.68 Å². The van der Waals surface area contributed by atoms with Gasteiger partial charge in [-0.15, -0.1) is 0 Å². The number of fused-ring (bicyclic) bond motifs is 1. The molecule has 0 radical (unpaired) electrons. The Morgan fingerprint density at radius 1 is 1.44 bits per heavy atom. The smallest absolute Gasteiger partial charge is 0.0849 e. The standard InChI is InChI=1S/C14H20BrClN2/c1-3-11-13(16)12(18(2)17-11)7-14(8-15)5-9-4-10(9)6-14/h9-10H,3-8H2,1-2H3. The van der Waals surface area contributed by atoms with E-state index < -0.39 is 0 Å². The highest BCUT2D eigenvalue weighted by Crippen LogP contribution is 2.61. The Balaban J connectivity index is 1.85. The Kier molecular flexibility index (Phi) is 3.26. The van der Waals surface area contributed by atoms with Crippen LogP contribution in [0.3, 0.4) is 0 Å². The summed E-state index contributed by atoms with van der Waals surface area (Å²) >= 11 is 10.2. The third-order valence-electron chi connectivity index (χ3n) is 4.79. The van der Waals surface area contributed by atoms with Gasteiger partial charge in [-0.05, 0) is 49.4 Å². The number of halogens is 2. The summed E-state index contributed by atoms with van der Waals surface area (Å²) in [5.74, 6) is 2.00. The topological polar surface area (TPSA) is 17.8 Å². The van der Waals surface area contributed by atoms with Crippen molar-refractivity contribution < 1.29 is 0 Å². The molecule has 0 bridgehead atoms. The molecule has 2 nitrogen and oxygen atoms in total. The number of alkyl halides is 1. The first-order valence-electron chi connectivity index (χ1n) is 6.85. The average molecular weight is 332 g/mol. The fraction of sp³-hybridized carbons (Fsp3) is 0.786. The van der Waals surface area contributed by atoms with E-state index in [0.29, 0.717) is 5.41 Å². The minimum Gasteiger partial charge on any atom is -0.271 e. The van der Waals surface area contributed by atoms with Crippen molar-refractivity contribution in [2.24, 2.45) is 24.3 Å². The summed E-state index contributed by atoms with van der Waals surface area (Å²) in [5, 5.41) is 6.53. The maximum absolute atomic E-state index is 6.48. The Morgan fingerprint density at radius 2 is 2.11 bits per heavy atom. The molecule has 2 aliphatic carbocycles. The molecule has 2 atom stereocenters. The molecule has 3 rings (SSSR count). The molecule has 0 spiro atoms. The lowest BCUT2D eigenvalue weighted by molar-refractivity contribution is 0.301. The number of hydrogen-bond acceptors (Lipinski definition) is 1. The lowest BCUT2D eigenvalue weighted by Gasteiger charge is -2.28. The van der Waals surface area contributed by atoms with E-state index in [1.54, 1.807) is 0 Å². The van der Waals surface area contributed by atoms with Gasteiger partial charge in [0.15, 0.2) is 0 Å². The maximum atomic E-state index is 6.48. The van der Waals surface area contributed by atoms with E-state index in [1.807, 2.05) is 11.7 Å². The zero-order valence-corrected chi connectivity index (χ0v) is 13.4. The minimum atomic E-state index is 0.427. The van der Waals surface area contributed by atoms with Crippen molar-refractivity contribution in [3.8, 4) is 0 Å². The average Bonchev–Trinajstić information content (AvgIpc) is 2.90. The Labute approximate surface area is 122 Å². The lowest BCUT2D eigenvalue weighted by Crippen LogP contribution is -2.25. The van der Waals surface area contributed by atoms with Crippen LogP contribution >= 0.6 is 27.5 Å². The van der Waals surface area contributed by atoms with Crippen LogP contribution in [-0.2, 0) is 19.9 Å². The van der Waals surface area contributed by atoms with Crippen molar-refractivity contribution in [1.29, 1.82) is 0 Å². The van der Waals surface area contributed by atoms with Crippen LogP contribution in [0.15, 0.2) is 0 Å². The summed E-state index contributed by atoms with van der Waals surface area (Å²) < 4.78 is 2.00. The molecule has 18 heavy (non-hydrogen) atoms. The Morgan fingerprint density at radius 3 is 2.61 bits per heavy atom. The fourth-order valence-corrected chi connectivity index (χ4v) is 4.69. The molecule has 1 heterocycles. The molecule has 2 fully saturated rings. The predicted octanol–water partition coefficient (Wildman–Crippen LogP) is 3.99. The molecular formula is C14H20BrClN2. The monoisotopic (exact) mass is 330 g/mol. The Hall–Kier alpha value is -0.0200. The lowest BCUT2D eigenvalue weighted by atomic mass is 9.80. The molecule has 0 N–H and O–H groups in total. The number of hydrogen-bond donors (Lipinski definition) is 0. The molecule has 0 aliphatic heterocycles. The molecule has 100 valence electrons. The summed E-state index contributed by atoms with van der Waals surface area (Å²) in [4.78, 5) is 0. The second kappa shape index (κ2) is 4.52. The highest BCUT2D eigenvalue weighted by Gasteiger charge is 2.53. The van der Waals surface area contributed by atoms with Gasteiger partial charge in [-0.25, -0.2) is 0 Å². The zero-order chi connectivity index (χ0) is 12.9. The van der Waals surface area contributed by atoms with Crippen LogP contribution in [0.25, 0.3) is 0 Å². The van der Waals surface area contributed by atoms with Crippen molar-refractivity contribution in [2.45, 2.75) is 39.0 Å². The van der Waals surface area contributed by atoms with Crippen LogP contribution in [-0.4, -0.2) is 15.1 Å². The first-order valence-corrected chi connectivity index (χ1v) is 8.34. The second-order valence-corrected chi connectivity index (χ2v) is 7.10. The van der Waals surface area contributed by atoms with Gasteiger partial charge in [0.25, 0.3) is 0 Å². The van der Waals surface area contributed by atoms with Gasteiger partial charge in [0, 0.05) is 12.4 Å². The molecule has 0 aromatic carbocycles. The molecule has 2 saturated carbocycles. The van der Waals surface area contributed by atoms with Crippen molar-refractivity contribution in [3.63, 3.8) is 0 Å². The van der Waals surface area contributed by atoms with E-state index in [4.69, 9.17) is 11.6 Å². The Bertz CT molecular complexity index is 459. The van der Waals surface area contributed by atoms with Gasteiger partial charge >= 0.3 is 0 Å². The number of aryl methyl sites for hydroxylation is 2. The highest BCUT2D eigenvalue weighted by molar-refractivity contribution is 9.09. The van der Waals surface area contributed by atoms with Gasteiger partial charge in [-0.2, -0.15) is 5.10 Å². The normalized spacial score (nSPS) is 33.8. The van der Waals surface area contributed by atoms with Crippen molar-refractivity contribution in [3.05, 3.63) is 16.4 Å². The third kappa shape index (κ3) is 2.03. The summed E-state index contributed by atoms with van der Waals surface area (Å²) in [6.45, 7) is 2.11. The van der Waals surface area contributed by atoms with Crippen LogP contribution in [0.1, 0.15) is 37.6 Å². The number of rotatable bonds is 4. The molecule has 2 aliphatic rings. The van der Waals surface area contributed by atoms with E-state index in [2.05, 4.69) is 28.0 Å². The summed E-state index contributed by atoms with van der Waals surface area (Å²) in [6.07, 6.45) is 6.19. The zero-order valence-electron chi connectivity index (χ0n) is 11.0. The quantitative estimate of drug-likeness (QED) is 0.763. The highest BCUT2D eigenvalue weighted by atomic mass is 79.9. The first-order chi connectivity index (χ1) is 8.58. The first kappa shape index (κ1) is 13.0. The SMILES string of the molecule is CCc1nn(C)c(CC2(CBr)CC3CC3C2)c1Cl. The summed E-state index contributed by atoms with van der Waals surface area (Å²) in [7, 11) is 2.03. The van der Waals surface area contributed by atoms with Crippen molar-refractivity contribution in [1.82, 2.24) is 9.78 Å². The maximum Gasteiger partial charge on any atom is 0.0849 e. The van der Waals surface area contributed by atoms with Crippen molar-refractivity contribution >= 4 is 27.5 Å². The van der Waals surface area contributed by atoms with Gasteiger partial charge in [-0.1, -0.05) is 34.5 Å². The molecule has 4 heteroatoms. The van der Waals surface area contributed by atoms with E-state index in [9.17, 15) is 0 Å². The number of aromatic nitrogens is 2. The van der Waals surface area contributed by atoms with E-state index in [-0.39, 0.29) is 0 Å². The minimum absolute atomic E-state index is 0.427. The van der Waals surface area contributed by atoms with Crippen molar-refractivity contribution in [2.75, 3.05) is 5.33 Å². The van der Waals surface area contributed by atoms with E-state index in [0.717, 1.165) is 40.7 Å². The van der Waals surface area contributed by atoms with Gasteiger partial charge in [0.2, 0.25) is 0 Å².